The second kappa shape index (κ2) is 8.00. The fraction of sp³-hybridized carbons (Fsp3) is 0.100. The van der Waals surface area contributed by atoms with E-state index < -0.39 is 0 Å². The lowest BCUT2D eigenvalue weighted by Gasteiger charge is -2.03. The average molecular weight is 411 g/mol. The van der Waals surface area contributed by atoms with E-state index in [1.807, 2.05) is 25.1 Å². The highest BCUT2D eigenvalue weighted by Crippen LogP contribution is 2.27. The molecule has 1 aromatic carbocycles. The van der Waals surface area contributed by atoms with Crippen LogP contribution in [0.4, 0.5) is 0 Å². The van der Waals surface area contributed by atoms with Crippen molar-refractivity contribution in [3.63, 3.8) is 0 Å². The Labute approximate surface area is 170 Å². The molecule has 0 bridgehead atoms. The lowest BCUT2D eigenvalue weighted by molar-refractivity contribution is 0.540. The summed E-state index contributed by atoms with van der Waals surface area (Å²) in [5.74, 6) is 1.74. The fourth-order valence-electron chi connectivity index (χ4n) is 2.61. The minimum atomic E-state index is -0.215. The van der Waals surface area contributed by atoms with Crippen molar-refractivity contribution >= 4 is 23.4 Å². The second-order valence-corrected chi connectivity index (χ2v) is 7.40. The molecule has 3 heterocycles. The van der Waals surface area contributed by atoms with Crippen LogP contribution in [-0.4, -0.2) is 19.9 Å². The van der Waals surface area contributed by atoms with Gasteiger partial charge in [0.2, 0.25) is 5.89 Å². The van der Waals surface area contributed by atoms with E-state index in [4.69, 9.17) is 16.0 Å². The Kier molecular flexibility index (Phi) is 5.27. The van der Waals surface area contributed by atoms with E-state index in [9.17, 15) is 4.79 Å². The first kappa shape index (κ1) is 18.5. The van der Waals surface area contributed by atoms with Gasteiger partial charge in [-0.3, -0.25) is 9.78 Å². The van der Waals surface area contributed by atoms with Crippen LogP contribution in [0, 0.1) is 6.92 Å². The van der Waals surface area contributed by atoms with Gasteiger partial charge < -0.3 is 9.40 Å². The summed E-state index contributed by atoms with van der Waals surface area (Å²) in [7, 11) is 0. The van der Waals surface area contributed by atoms with E-state index in [0.717, 1.165) is 16.8 Å². The van der Waals surface area contributed by atoms with Crippen molar-refractivity contribution < 1.29 is 4.42 Å². The Morgan fingerprint density at radius 1 is 1.14 bits per heavy atom. The highest BCUT2D eigenvalue weighted by Gasteiger charge is 2.13. The molecule has 0 aliphatic heterocycles. The summed E-state index contributed by atoms with van der Waals surface area (Å²) in [4.78, 5) is 27.9. The standard InChI is InChI=1S/C20H15ClN4O2S/c1-12-17(23-19(27-12)13-4-2-6-15(21)8-13)11-28-20-24-16(9-18(26)25-20)14-5-3-7-22-10-14/h2-10H,11H2,1H3,(H,24,25,26). The number of pyridine rings is 1. The van der Waals surface area contributed by atoms with Crippen LogP contribution in [0.5, 0.6) is 0 Å². The van der Waals surface area contributed by atoms with Gasteiger partial charge in [0.15, 0.2) is 5.16 Å². The number of halogens is 1. The first-order valence-electron chi connectivity index (χ1n) is 8.45. The van der Waals surface area contributed by atoms with E-state index in [1.165, 1.54) is 17.8 Å². The quantitative estimate of drug-likeness (QED) is 0.378. The molecule has 0 aliphatic rings. The number of rotatable bonds is 5. The molecule has 140 valence electrons. The highest BCUT2D eigenvalue weighted by molar-refractivity contribution is 7.98. The minimum Gasteiger partial charge on any atom is -0.441 e. The van der Waals surface area contributed by atoms with Crippen molar-refractivity contribution in [2.24, 2.45) is 0 Å². The summed E-state index contributed by atoms with van der Waals surface area (Å²) in [5, 5.41) is 1.14. The minimum absolute atomic E-state index is 0.215. The molecule has 1 N–H and O–H groups in total. The Balaban J connectivity index is 1.55. The first-order chi connectivity index (χ1) is 13.6. The number of aromatic nitrogens is 4. The number of oxazole rings is 1. The summed E-state index contributed by atoms with van der Waals surface area (Å²) in [5.41, 5.74) is 2.76. The summed E-state index contributed by atoms with van der Waals surface area (Å²) >= 11 is 7.43. The molecule has 0 radical (unpaired) electrons. The van der Waals surface area contributed by atoms with Crippen molar-refractivity contribution in [3.05, 3.63) is 81.7 Å². The van der Waals surface area contributed by atoms with Crippen molar-refractivity contribution in [1.29, 1.82) is 0 Å². The van der Waals surface area contributed by atoms with Crippen LogP contribution in [0.3, 0.4) is 0 Å². The van der Waals surface area contributed by atoms with E-state index in [-0.39, 0.29) is 5.56 Å². The molecule has 3 aromatic heterocycles. The lowest BCUT2D eigenvalue weighted by Crippen LogP contribution is -2.08. The Bertz CT molecular complexity index is 1170. The van der Waals surface area contributed by atoms with Crippen LogP contribution in [0.1, 0.15) is 11.5 Å². The van der Waals surface area contributed by atoms with Crippen molar-refractivity contribution in [2.75, 3.05) is 0 Å². The van der Waals surface area contributed by atoms with Gasteiger partial charge in [0.1, 0.15) is 5.76 Å². The van der Waals surface area contributed by atoms with Gasteiger partial charge in [0, 0.05) is 40.4 Å². The number of aromatic amines is 1. The second-order valence-electron chi connectivity index (χ2n) is 6.00. The predicted octanol–water partition coefficient (Wildman–Crippen LogP) is 4.74. The Hall–Kier alpha value is -2.90. The van der Waals surface area contributed by atoms with Crippen LogP contribution in [-0.2, 0) is 5.75 Å². The molecule has 4 rings (SSSR count). The zero-order chi connectivity index (χ0) is 19.5. The van der Waals surface area contributed by atoms with Crippen molar-refractivity contribution in [3.8, 4) is 22.7 Å². The average Bonchev–Trinajstić information content (AvgIpc) is 3.07. The van der Waals surface area contributed by atoms with Crippen LogP contribution >= 0.6 is 23.4 Å². The molecule has 0 saturated carbocycles. The molecule has 6 nitrogen and oxygen atoms in total. The Morgan fingerprint density at radius 2 is 2.00 bits per heavy atom. The van der Waals surface area contributed by atoms with Crippen LogP contribution in [0.25, 0.3) is 22.7 Å². The van der Waals surface area contributed by atoms with Gasteiger partial charge in [-0.1, -0.05) is 29.4 Å². The summed E-state index contributed by atoms with van der Waals surface area (Å²) < 4.78 is 5.78. The number of benzene rings is 1. The van der Waals surface area contributed by atoms with Crippen molar-refractivity contribution in [2.45, 2.75) is 17.8 Å². The Morgan fingerprint density at radius 3 is 2.79 bits per heavy atom. The van der Waals surface area contributed by atoms with Gasteiger partial charge in [-0.2, -0.15) is 0 Å². The maximum atomic E-state index is 12.0. The molecule has 0 atom stereocenters. The third kappa shape index (κ3) is 4.16. The summed E-state index contributed by atoms with van der Waals surface area (Å²) in [6, 6.07) is 12.5. The number of hydrogen-bond acceptors (Lipinski definition) is 6. The van der Waals surface area contributed by atoms with Gasteiger partial charge in [-0.25, -0.2) is 9.97 Å². The van der Waals surface area contributed by atoms with Crippen molar-refractivity contribution in [1.82, 2.24) is 19.9 Å². The van der Waals surface area contributed by atoms with Gasteiger partial charge in [-0.15, -0.1) is 0 Å². The maximum absolute atomic E-state index is 12.0. The number of nitrogens with zero attached hydrogens (tertiary/aromatic N) is 3. The maximum Gasteiger partial charge on any atom is 0.252 e. The molecule has 0 fully saturated rings. The number of nitrogens with one attached hydrogen (secondary N) is 1. The van der Waals surface area contributed by atoms with Gasteiger partial charge in [0.25, 0.3) is 5.56 Å². The smallest absolute Gasteiger partial charge is 0.252 e. The summed E-state index contributed by atoms with van der Waals surface area (Å²) in [6.45, 7) is 1.86. The van der Waals surface area contributed by atoms with E-state index in [1.54, 1.807) is 30.6 Å². The molecule has 0 saturated heterocycles. The van der Waals surface area contributed by atoms with E-state index >= 15 is 0 Å². The summed E-state index contributed by atoms with van der Waals surface area (Å²) in [6.07, 6.45) is 3.35. The number of H-pyrrole nitrogens is 1. The normalized spacial score (nSPS) is 10.9. The molecular weight excluding hydrogens is 396 g/mol. The van der Waals surface area contributed by atoms with Gasteiger partial charge >= 0.3 is 0 Å². The number of thioether (sulfide) groups is 1. The van der Waals surface area contributed by atoms with Gasteiger partial charge in [-0.05, 0) is 37.3 Å². The predicted molar refractivity (Wildman–Crippen MR) is 109 cm³/mol. The third-order valence-electron chi connectivity index (χ3n) is 3.99. The molecule has 0 spiro atoms. The molecule has 0 unspecified atom stereocenters. The molecular formula is C20H15ClN4O2S. The topological polar surface area (TPSA) is 84.7 Å². The largest absolute Gasteiger partial charge is 0.441 e. The fourth-order valence-corrected chi connectivity index (χ4v) is 3.68. The van der Waals surface area contributed by atoms with Crippen LogP contribution in [0.15, 0.2) is 69.2 Å². The lowest BCUT2D eigenvalue weighted by atomic mass is 10.2. The molecule has 8 heteroatoms. The van der Waals surface area contributed by atoms with E-state index in [0.29, 0.717) is 33.3 Å². The van der Waals surface area contributed by atoms with Crippen LogP contribution in [0.2, 0.25) is 5.02 Å². The molecule has 28 heavy (non-hydrogen) atoms. The monoisotopic (exact) mass is 410 g/mol. The zero-order valence-electron chi connectivity index (χ0n) is 14.8. The molecule has 0 amide bonds. The number of hydrogen-bond donors (Lipinski definition) is 1. The number of aryl methyl sites for hydroxylation is 1. The van der Waals surface area contributed by atoms with Crippen LogP contribution < -0.4 is 5.56 Å². The molecule has 4 aromatic rings. The first-order valence-corrected chi connectivity index (χ1v) is 9.81. The van der Waals surface area contributed by atoms with E-state index in [2.05, 4.69) is 19.9 Å². The molecule has 0 aliphatic carbocycles. The van der Waals surface area contributed by atoms with Gasteiger partial charge in [0.05, 0.1) is 11.4 Å². The zero-order valence-corrected chi connectivity index (χ0v) is 16.4. The highest BCUT2D eigenvalue weighted by atomic mass is 35.5. The third-order valence-corrected chi connectivity index (χ3v) is 5.11. The SMILES string of the molecule is Cc1oc(-c2cccc(Cl)c2)nc1CSc1nc(-c2cccnc2)cc(=O)[nH]1.